The van der Waals surface area contributed by atoms with Gasteiger partial charge in [-0.1, -0.05) is 66.7 Å². The molecule has 0 bridgehead atoms. The summed E-state index contributed by atoms with van der Waals surface area (Å²) >= 11 is 0. The van der Waals surface area contributed by atoms with Crippen molar-refractivity contribution in [3.63, 3.8) is 0 Å². The zero-order valence-electron chi connectivity index (χ0n) is 33.2. The summed E-state index contributed by atoms with van der Waals surface area (Å²) < 4.78 is 0. The molecular formula is C46H52N6O7. The maximum absolute atomic E-state index is 13.0. The number of pyridine rings is 1. The third kappa shape index (κ3) is 9.99. The Morgan fingerprint density at radius 2 is 1.59 bits per heavy atom. The van der Waals surface area contributed by atoms with Crippen molar-refractivity contribution >= 4 is 40.2 Å². The van der Waals surface area contributed by atoms with Gasteiger partial charge < -0.3 is 40.7 Å². The highest BCUT2D eigenvalue weighted by atomic mass is 16.4. The predicted molar refractivity (Wildman–Crippen MR) is 228 cm³/mol. The van der Waals surface area contributed by atoms with E-state index in [9.17, 15) is 34.5 Å². The average Bonchev–Trinajstić information content (AvgIpc) is 3.80. The van der Waals surface area contributed by atoms with Crippen LogP contribution in [0.3, 0.4) is 0 Å². The number of nitrogens with one attached hydrogen (secondary N) is 3. The fraction of sp³-hybridized carbons (Fsp3) is 0.348. The molecule has 13 heteroatoms. The lowest BCUT2D eigenvalue weighted by atomic mass is 10.0. The highest BCUT2D eigenvalue weighted by Crippen LogP contribution is 2.43. The van der Waals surface area contributed by atoms with Gasteiger partial charge in [-0.3, -0.25) is 19.3 Å². The standard InChI is InChI=1S/C46H52N6O7/c1-50(22-7-12-42(55)48-34-15-13-30(14-16-34)26-47-27-41(54)37-17-19-40(53)45-38(37)18-20-43(56)49-45)44(57)21-23-51-28-32-24-35(25-33(32)29-51)52(46(58)59)39-11-6-5-10-36(39)31-8-3-2-4-9-31/h2-6,8-11,13-20,32-33,35,41,47,53-54H,7,12,21-29H2,1H3,(H,48,55)(H,49,56)(H,58,59)/t32-,33+,35?,41-/m0/s1. The Balaban J connectivity index is 0.790. The molecule has 0 spiro atoms. The Morgan fingerprint density at radius 3 is 2.32 bits per heavy atom. The first-order valence-electron chi connectivity index (χ1n) is 20.3. The number of benzene rings is 4. The molecule has 5 aromatic rings. The van der Waals surface area contributed by atoms with Crippen LogP contribution in [0.4, 0.5) is 16.2 Å². The Bertz CT molecular complexity index is 2300. The molecule has 59 heavy (non-hydrogen) atoms. The molecule has 2 heterocycles. The largest absolute Gasteiger partial charge is 0.506 e. The lowest BCUT2D eigenvalue weighted by molar-refractivity contribution is -0.130. The summed E-state index contributed by atoms with van der Waals surface area (Å²) in [5.41, 5.74) is 4.79. The molecule has 2 aliphatic rings. The number of carbonyl (C=O) groups excluding carboxylic acids is 2. The van der Waals surface area contributed by atoms with Crippen LogP contribution in [0.5, 0.6) is 5.75 Å². The minimum atomic E-state index is -0.931. The lowest BCUT2D eigenvalue weighted by Crippen LogP contribution is -2.40. The number of hydrogen-bond donors (Lipinski definition) is 6. The number of anilines is 2. The molecule has 0 radical (unpaired) electrons. The fourth-order valence-corrected chi connectivity index (χ4v) is 8.75. The normalized spacial score (nSPS) is 18.0. The van der Waals surface area contributed by atoms with Gasteiger partial charge in [-0.05, 0) is 78.1 Å². The molecule has 4 atom stereocenters. The van der Waals surface area contributed by atoms with Gasteiger partial charge in [-0.15, -0.1) is 0 Å². The molecular weight excluding hydrogens is 749 g/mol. The van der Waals surface area contributed by atoms with E-state index >= 15 is 0 Å². The number of rotatable bonds is 16. The van der Waals surface area contributed by atoms with Gasteiger partial charge in [-0.25, -0.2) is 4.79 Å². The number of hydrogen-bond acceptors (Lipinski definition) is 8. The third-order valence-corrected chi connectivity index (χ3v) is 11.8. The van der Waals surface area contributed by atoms with E-state index in [0.717, 1.165) is 48.3 Å². The van der Waals surface area contributed by atoms with Crippen molar-refractivity contribution in [2.24, 2.45) is 11.8 Å². The molecule has 1 saturated heterocycles. The van der Waals surface area contributed by atoms with Crippen molar-refractivity contribution in [3.05, 3.63) is 125 Å². The number of aromatic nitrogens is 1. The number of aromatic hydroxyl groups is 1. The summed E-state index contributed by atoms with van der Waals surface area (Å²) in [7, 11) is 1.78. The first kappa shape index (κ1) is 41.2. The smallest absolute Gasteiger partial charge is 0.412 e. The number of carbonyl (C=O) groups is 3. The number of phenols is 1. The van der Waals surface area contributed by atoms with Crippen molar-refractivity contribution in [2.45, 2.75) is 50.8 Å². The monoisotopic (exact) mass is 800 g/mol. The van der Waals surface area contributed by atoms with Gasteiger partial charge in [0.25, 0.3) is 0 Å². The van der Waals surface area contributed by atoms with E-state index in [4.69, 9.17) is 0 Å². The Morgan fingerprint density at radius 1 is 0.881 bits per heavy atom. The summed E-state index contributed by atoms with van der Waals surface area (Å²) in [6, 6.07) is 31.0. The van der Waals surface area contributed by atoms with Gasteiger partial charge in [0, 0.05) is 87.9 Å². The first-order valence-corrected chi connectivity index (χ1v) is 20.3. The second-order valence-electron chi connectivity index (χ2n) is 15.8. The molecule has 7 rings (SSSR count). The Hall–Kier alpha value is -6.02. The van der Waals surface area contributed by atoms with Crippen molar-refractivity contribution in [1.82, 2.24) is 20.1 Å². The quantitative estimate of drug-likeness (QED) is 0.0680. The molecule has 3 amide bonds. The second kappa shape index (κ2) is 18.7. The molecule has 1 aliphatic heterocycles. The summed E-state index contributed by atoms with van der Waals surface area (Å²) in [4.78, 5) is 58.3. The number of carboxylic acid groups (broad SMARTS) is 1. The molecule has 6 N–H and O–H groups in total. The van der Waals surface area contributed by atoms with Crippen LogP contribution in [0, 0.1) is 11.8 Å². The number of nitrogens with zero attached hydrogens (tertiary/aromatic N) is 3. The van der Waals surface area contributed by atoms with E-state index in [1.54, 1.807) is 29.0 Å². The van der Waals surface area contributed by atoms with Crippen molar-refractivity contribution < 1.29 is 29.7 Å². The predicted octanol–water partition coefficient (Wildman–Crippen LogP) is 6.19. The van der Waals surface area contributed by atoms with Crippen LogP contribution in [0.25, 0.3) is 22.0 Å². The highest BCUT2D eigenvalue weighted by Gasteiger charge is 2.44. The van der Waals surface area contributed by atoms with Crippen LogP contribution < -0.4 is 21.1 Å². The van der Waals surface area contributed by atoms with E-state index in [2.05, 4.69) is 20.5 Å². The van der Waals surface area contributed by atoms with Crippen LogP contribution in [-0.2, 0) is 16.1 Å². The van der Waals surface area contributed by atoms with E-state index in [-0.39, 0.29) is 47.6 Å². The van der Waals surface area contributed by atoms with Gasteiger partial charge in [-0.2, -0.15) is 0 Å². The number of phenolic OH excluding ortho intramolecular Hbond substituents is 1. The molecule has 1 unspecified atom stereocenters. The summed E-state index contributed by atoms with van der Waals surface area (Å²) in [5, 5.41) is 38.0. The number of likely N-dealkylation sites (tertiary alicyclic amines) is 1. The number of para-hydroxylation sites is 1. The Labute approximate surface area is 343 Å². The summed E-state index contributed by atoms with van der Waals surface area (Å²) in [6.45, 7) is 3.57. The average molecular weight is 801 g/mol. The third-order valence-electron chi connectivity index (χ3n) is 11.8. The zero-order chi connectivity index (χ0) is 41.5. The maximum Gasteiger partial charge on any atom is 0.412 e. The number of amides is 3. The van der Waals surface area contributed by atoms with Crippen molar-refractivity contribution in [2.75, 3.05) is 50.0 Å². The molecule has 2 fully saturated rings. The summed E-state index contributed by atoms with van der Waals surface area (Å²) in [5.74, 6) is 0.625. The van der Waals surface area contributed by atoms with Crippen molar-refractivity contribution in [3.8, 4) is 16.9 Å². The van der Waals surface area contributed by atoms with Crippen LogP contribution >= 0.6 is 0 Å². The first-order chi connectivity index (χ1) is 28.5. The van der Waals surface area contributed by atoms with Crippen molar-refractivity contribution in [1.29, 1.82) is 0 Å². The van der Waals surface area contributed by atoms with E-state index in [1.165, 1.54) is 12.1 Å². The fourth-order valence-electron chi connectivity index (χ4n) is 8.75. The molecule has 308 valence electrons. The summed E-state index contributed by atoms with van der Waals surface area (Å²) in [6.07, 6.45) is 1.00. The topological polar surface area (TPSA) is 179 Å². The number of H-pyrrole nitrogens is 1. The molecule has 1 aliphatic carbocycles. The van der Waals surface area contributed by atoms with E-state index in [0.29, 0.717) is 60.9 Å². The van der Waals surface area contributed by atoms with E-state index < -0.39 is 12.2 Å². The maximum atomic E-state index is 13.0. The number of aliphatic hydroxyl groups is 1. The van der Waals surface area contributed by atoms with Crippen LogP contribution in [-0.4, -0.2) is 93.8 Å². The van der Waals surface area contributed by atoms with Gasteiger partial charge in [0.15, 0.2) is 0 Å². The highest BCUT2D eigenvalue weighted by molar-refractivity contribution is 5.94. The minimum absolute atomic E-state index is 0.0411. The van der Waals surface area contributed by atoms with Gasteiger partial charge in [0.1, 0.15) is 5.75 Å². The number of fused-ring (bicyclic) bond motifs is 2. The minimum Gasteiger partial charge on any atom is -0.506 e. The van der Waals surface area contributed by atoms with Gasteiger partial charge >= 0.3 is 6.09 Å². The van der Waals surface area contributed by atoms with Crippen LogP contribution in [0.15, 0.2) is 108 Å². The van der Waals surface area contributed by atoms with Gasteiger partial charge in [0.05, 0.1) is 17.3 Å². The zero-order valence-corrected chi connectivity index (χ0v) is 33.2. The van der Waals surface area contributed by atoms with Gasteiger partial charge in [0.2, 0.25) is 17.4 Å². The molecule has 1 aromatic heterocycles. The SMILES string of the molecule is CN(CCCC(=O)Nc1ccc(CNC[C@H](O)c2ccc(O)c3[nH]c(=O)ccc23)cc1)C(=O)CCN1C[C@H]2CC(N(C(=O)O)c3ccccc3-c3ccccc3)C[C@H]2C1. The number of aromatic amines is 1. The molecule has 4 aromatic carbocycles. The Kier molecular flexibility index (Phi) is 13.0. The van der Waals surface area contributed by atoms with Crippen LogP contribution in [0.1, 0.15) is 49.3 Å². The molecule has 13 nitrogen and oxygen atoms in total. The molecule has 1 saturated carbocycles. The van der Waals surface area contributed by atoms with Crippen LogP contribution in [0.2, 0.25) is 0 Å². The second-order valence-corrected chi connectivity index (χ2v) is 15.8. The lowest BCUT2D eigenvalue weighted by Gasteiger charge is -2.30. The number of aliphatic hydroxyl groups excluding tert-OH is 1. The van der Waals surface area contributed by atoms with E-state index in [1.807, 2.05) is 78.9 Å².